The molecule has 0 unspecified atom stereocenters. The van der Waals surface area contributed by atoms with Crippen LogP contribution in [0.25, 0.3) is 11.4 Å². The highest BCUT2D eigenvalue weighted by molar-refractivity contribution is 5.57. The fourth-order valence-corrected chi connectivity index (χ4v) is 1.59. The number of aromatic nitrogens is 2. The van der Waals surface area contributed by atoms with E-state index < -0.39 is 0 Å². The number of nitrogens with zero attached hydrogens (tertiary/aromatic N) is 2. The molecule has 0 amide bonds. The van der Waals surface area contributed by atoms with Crippen LogP contribution in [0.4, 0.5) is 0 Å². The van der Waals surface area contributed by atoms with Crippen molar-refractivity contribution in [3.05, 3.63) is 35.7 Å². The Hall–Kier alpha value is -1.77. The van der Waals surface area contributed by atoms with Crippen molar-refractivity contribution in [1.29, 1.82) is 0 Å². The molecule has 15 heavy (non-hydrogen) atoms. The number of aryl methyl sites for hydroxylation is 1. The maximum Gasteiger partial charge on any atom is 0.140 e. The van der Waals surface area contributed by atoms with Crippen LogP contribution in [-0.2, 0) is 7.05 Å². The van der Waals surface area contributed by atoms with Gasteiger partial charge in [-0.15, -0.1) is 0 Å². The van der Waals surface area contributed by atoms with E-state index in [0.29, 0.717) is 0 Å². The smallest absolute Gasteiger partial charge is 0.140 e. The van der Waals surface area contributed by atoms with Crippen molar-refractivity contribution in [2.45, 2.75) is 13.8 Å². The van der Waals surface area contributed by atoms with Gasteiger partial charge >= 0.3 is 0 Å². The lowest BCUT2D eigenvalue weighted by atomic mass is 10.2. The van der Waals surface area contributed by atoms with Gasteiger partial charge in [0.1, 0.15) is 11.6 Å². The minimum atomic E-state index is 0.279. The lowest BCUT2D eigenvalue weighted by molar-refractivity contribution is 0.475. The number of phenolic OH excluding ortho intramolecular Hbond substituents is 1. The number of imidazole rings is 1. The molecule has 0 bridgehead atoms. The van der Waals surface area contributed by atoms with Gasteiger partial charge in [-0.1, -0.05) is 0 Å². The summed E-state index contributed by atoms with van der Waals surface area (Å²) >= 11 is 0. The Morgan fingerprint density at radius 2 is 1.73 bits per heavy atom. The molecule has 1 aromatic carbocycles. The van der Waals surface area contributed by atoms with Crippen molar-refractivity contribution >= 4 is 0 Å². The van der Waals surface area contributed by atoms with E-state index in [2.05, 4.69) is 9.55 Å². The largest absolute Gasteiger partial charge is 0.508 e. The van der Waals surface area contributed by atoms with Gasteiger partial charge in [0.2, 0.25) is 0 Å². The van der Waals surface area contributed by atoms with Crippen molar-refractivity contribution in [2.24, 2.45) is 7.05 Å². The Labute approximate surface area is 89.0 Å². The highest BCUT2D eigenvalue weighted by Crippen LogP contribution is 2.22. The highest BCUT2D eigenvalue weighted by atomic mass is 16.3. The minimum Gasteiger partial charge on any atom is -0.508 e. The van der Waals surface area contributed by atoms with Gasteiger partial charge in [0.25, 0.3) is 0 Å². The molecule has 0 radical (unpaired) electrons. The zero-order valence-corrected chi connectivity index (χ0v) is 9.15. The maximum absolute atomic E-state index is 9.21. The Balaban J connectivity index is 2.54. The van der Waals surface area contributed by atoms with Crippen LogP contribution in [0.5, 0.6) is 5.75 Å². The van der Waals surface area contributed by atoms with Crippen LogP contribution in [0, 0.1) is 13.8 Å². The molecule has 2 aromatic rings. The summed E-state index contributed by atoms with van der Waals surface area (Å²) in [6.07, 6.45) is 0. The zero-order chi connectivity index (χ0) is 11.0. The average Bonchev–Trinajstić information content (AvgIpc) is 2.47. The summed E-state index contributed by atoms with van der Waals surface area (Å²) in [4.78, 5) is 4.49. The van der Waals surface area contributed by atoms with Gasteiger partial charge in [-0.2, -0.15) is 0 Å². The molecular formula is C12H14N2O. The predicted octanol–water partition coefficient (Wildman–Crippen LogP) is 2.41. The number of benzene rings is 1. The van der Waals surface area contributed by atoms with Crippen LogP contribution < -0.4 is 0 Å². The van der Waals surface area contributed by atoms with Gasteiger partial charge < -0.3 is 9.67 Å². The molecule has 0 aliphatic carbocycles. The van der Waals surface area contributed by atoms with E-state index in [9.17, 15) is 5.11 Å². The molecule has 3 heteroatoms. The Bertz CT molecular complexity index is 483. The summed E-state index contributed by atoms with van der Waals surface area (Å²) in [5.74, 6) is 1.21. The van der Waals surface area contributed by atoms with E-state index in [1.165, 1.54) is 0 Å². The van der Waals surface area contributed by atoms with Crippen molar-refractivity contribution in [3.8, 4) is 17.1 Å². The van der Waals surface area contributed by atoms with Crippen LogP contribution in [-0.4, -0.2) is 14.7 Å². The fourth-order valence-electron chi connectivity index (χ4n) is 1.59. The van der Waals surface area contributed by atoms with Crippen molar-refractivity contribution < 1.29 is 5.11 Å². The average molecular weight is 202 g/mol. The molecule has 78 valence electrons. The number of hydrogen-bond acceptors (Lipinski definition) is 2. The molecule has 2 rings (SSSR count). The van der Waals surface area contributed by atoms with E-state index in [1.807, 2.05) is 33.0 Å². The number of aromatic hydroxyl groups is 1. The fraction of sp³-hybridized carbons (Fsp3) is 0.250. The molecule has 0 saturated heterocycles. The second-order valence-electron chi connectivity index (χ2n) is 3.71. The maximum atomic E-state index is 9.21. The molecule has 1 aromatic heterocycles. The summed E-state index contributed by atoms with van der Waals surface area (Å²) in [6.45, 7) is 4.05. The van der Waals surface area contributed by atoms with Gasteiger partial charge in [-0.25, -0.2) is 4.98 Å². The third kappa shape index (κ3) is 1.61. The van der Waals surface area contributed by atoms with Crippen LogP contribution in [0.2, 0.25) is 0 Å². The molecule has 0 saturated carbocycles. The monoisotopic (exact) mass is 202 g/mol. The molecule has 0 atom stereocenters. The first-order valence-electron chi connectivity index (χ1n) is 4.89. The quantitative estimate of drug-likeness (QED) is 0.771. The first-order valence-corrected chi connectivity index (χ1v) is 4.89. The van der Waals surface area contributed by atoms with Crippen LogP contribution in [0.1, 0.15) is 11.4 Å². The van der Waals surface area contributed by atoms with Gasteiger partial charge in [-0.05, 0) is 38.1 Å². The van der Waals surface area contributed by atoms with E-state index in [1.54, 1.807) is 12.1 Å². The molecule has 0 aliphatic heterocycles. The van der Waals surface area contributed by atoms with E-state index >= 15 is 0 Å². The third-order valence-corrected chi connectivity index (χ3v) is 2.74. The summed E-state index contributed by atoms with van der Waals surface area (Å²) in [7, 11) is 2.00. The van der Waals surface area contributed by atoms with Gasteiger partial charge in [0.05, 0.1) is 5.69 Å². The summed E-state index contributed by atoms with van der Waals surface area (Å²) < 4.78 is 2.06. The Morgan fingerprint density at radius 1 is 1.13 bits per heavy atom. The van der Waals surface area contributed by atoms with E-state index in [4.69, 9.17) is 0 Å². The summed E-state index contributed by atoms with van der Waals surface area (Å²) in [6, 6.07) is 7.09. The second kappa shape index (κ2) is 3.42. The highest BCUT2D eigenvalue weighted by Gasteiger charge is 2.09. The molecule has 3 nitrogen and oxygen atoms in total. The molecule has 0 aliphatic rings. The predicted molar refractivity (Wildman–Crippen MR) is 59.8 cm³/mol. The first kappa shape index (κ1) is 9.77. The molecule has 0 fully saturated rings. The normalized spacial score (nSPS) is 10.6. The second-order valence-corrected chi connectivity index (χ2v) is 3.71. The SMILES string of the molecule is Cc1nc(-c2ccc(O)cc2)n(C)c1C. The van der Waals surface area contributed by atoms with Gasteiger partial charge in [-0.3, -0.25) is 0 Å². The van der Waals surface area contributed by atoms with Crippen LogP contribution in [0.15, 0.2) is 24.3 Å². The lowest BCUT2D eigenvalue weighted by Crippen LogP contribution is -1.94. The standard InChI is InChI=1S/C12H14N2O/c1-8-9(2)14(3)12(13-8)10-4-6-11(15)7-5-10/h4-7,15H,1-3H3. The van der Waals surface area contributed by atoms with Crippen molar-refractivity contribution in [3.63, 3.8) is 0 Å². The van der Waals surface area contributed by atoms with Gasteiger partial charge in [0, 0.05) is 18.3 Å². The van der Waals surface area contributed by atoms with Crippen LogP contribution in [0.3, 0.4) is 0 Å². The van der Waals surface area contributed by atoms with Gasteiger partial charge in [0.15, 0.2) is 0 Å². The third-order valence-electron chi connectivity index (χ3n) is 2.74. The topological polar surface area (TPSA) is 38.1 Å². The minimum absolute atomic E-state index is 0.279. The van der Waals surface area contributed by atoms with Crippen molar-refractivity contribution in [1.82, 2.24) is 9.55 Å². The Kier molecular flexibility index (Phi) is 2.23. The summed E-state index contributed by atoms with van der Waals surface area (Å²) in [5, 5.41) is 9.21. The molecule has 1 N–H and O–H groups in total. The lowest BCUT2D eigenvalue weighted by Gasteiger charge is -2.03. The summed E-state index contributed by atoms with van der Waals surface area (Å²) in [5.41, 5.74) is 3.23. The molecule has 0 spiro atoms. The zero-order valence-electron chi connectivity index (χ0n) is 9.15. The van der Waals surface area contributed by atoms with Crippen molar-refractivity contribution in [2.75, 3.05) is 0 Å². The number of rotatable bonds is 1. The van der Waals surface area contributed by atoms with E-state index in [-0.39, 0.29) is 5.75 Å². The van der Waals surface area contributed by atoms with Crippen LogP contribution >= 0.6 is 0 Å². The molecule has 1 heterocycles. The number of hydrogen-bond donors (Lipinski definition) is 1. The Morgan fingerprint density at radius 3 is 2.20 bits per heavy atom. The number of phenols is 1. The first-order chi connectivity index (χ1) is 7.09. The van der Waals surface area contributed by atoms with E-state index in [0.717, 1.165) is 22.8 Å². The molecular weight excluding hydrogens is 188 g/mol.